The minimum absolute atomic E-state index is 0.143. The summed E-state index contributed by atoms with van der Waals surface area (Å²) < 4.78 is 50.4. The van der Waals surface area contributed by atoms with Gasteiger partial charge in [-0.3, -0.25) is 4.57 Å². The Hall–Kier alpha value is -1.41. The van der Waals surface area contributed by atoms with Crippen molar-refractivity contribution < 1.29 is 22.0 Å². The average molecular weight is 447 g/mol. The quantitative estimate of drug-likeness (QED) is 0.127. The Morgan fingerprint density at radius 3 is 2.34 bits per heavy atom. The Morgan fingerprint density at radius 2 is 1.76 bits per heavy atom. The second kappa shape index (κ2) is 13.0. The Morgan fingerprint density at radius 1 is 1.10 bits per heavy atom. The summed E-state index contributed by atoms with van der Waals surface area (Å²) in [4.78, 5) is 2.93. The third-order valence-electron chi connectivity index (χ3n) is 4.19. The van der Waals surface area contributed by atoms with Gasteiger partial charge in [-0.05, 0) is 50.8 Å². The first-order valence-electron chi connectivity index (χ1n) is 9.75. The molecule has 0 aliphatic heterocycles. The van der Waals surface area contributed by atoms with E-state index in [1.54, 1.807) is 38.1 Å². The molecule has 0 aliphatic carbocycles. The summed E-state index contributed by atoms with van der Waals surface area (Å²) in [7, 11) is -6.78. The van der Waals surface area contributed by atoms with Crippen LogP contribution in [-0.4, -0.2) is 51.7 Å². The highest BCUT2D eigenvalue weighted by Gasteiger charge is 2.25. The van der Waals surface area contributed by atoms with E-state index >= 15 is 0 Å². The molecule has 0 amide bonds. The molecule has 0 bridgehead atoms. The van der Waals surface area contributed by atoms with Crippen molar-refractivity contribution in [1.29, 1.82) is 0 Å². The van der Waals surface area contributed by atoms with E-state index in [0.717, 1.165) is 5.56 Å². The molecular formula is C18H31N4O5PS. The molecule has 29 heavy (non-hydrogen) atoms. The molecular weight excluding hydrogens is 415 g/mol. The van der Waals surface area contributed by atoms with Crippen LogP contribution < -0.4 is 0 Å². The Labute approximate surface area is 173 Å². The number of nitrogens with zero attached hydrogens (tertiary/aromatic N) is 4. The van der Waals surface area contributed by atoms with Gasteiger partial charge >= 0.3 is 7.60 Å². The summed E-state index contributed by atoms with van der Waals surface area (Å²) >= 11 is 0. The number of unbranched alkanes of at least 4 members (excludes halogenated alkanes) is 1. The summed E-state index contributed by atoms with van der Waals surface area (Å²) in [6.07, 6.45) is 1.82. The normalized spacial score (nSPS) is 13.8. The molecule has 1 unspecified atom stereocenters. The molecule has 0 fully saturated rings. The zero-order valence-corrected chi connectivity index (χ0v) is 19.1. The van der Waals surface area contributed by atoms with E-state index in [1.807, 2.05) is 6.92 Å². The number of azide groups is 1. The second-order valence-corrected chi connectivity index (χ2v) is 10.7. The Balaban J connectivity index is 2.78. The van der Waals surface area contributed by atoms with Crippen LogP contribution in [0.1, 0.15) is 38.7 Å². The van der Waals surface area contributed by atoms with Crippen molar-refractivity contribution in [3.63, 3.8) is 0 Å². The van der Waals surface area contributed by atoms with E-state index in [9.17, 15) is 13.0 Å². The van der Waals surface area contributed by atoms with Crippen LogP contribution >= 0.6 is 7.60 Å². The van der Waals surface area contributed by atoms with Gasteiger partial charge in [-0.1, -0.05) is 29.7 Å². The third-order valence-corrected chi connectivity index (χ3v) is 8.11. The zero-order chi connectivity index (χ0) is 21.8. The van der Waals surface area contributed by atoms with Crippen molar-refractivity contribution in [2.75, 3.05) is 39.0 Å². The van der Waals surface area contributed by atoms with Crippen LogP contribution in [0.25, 0.3) is 10.4 Å². The van der Waals surface area contributed by atoms with Gasteiger partial charge in [0.1, 0.15) is 0 Å². The predicted octanol–water partition coefficient (Wildman–Crippen LogP) is 4.73. The topological polar surface area (TPSA) is 122 Å². The zero-order valence-electron chi connectivity index (χ0n) is 17.4. The predicted molar refractivity (Wildman–Crippen MR) is 114 cm³/mol. The number of benzene rings is 1. The molecule has 11 heteroatoms. The molecule has 1 rings (SSSR count). The molecule has 0 radical (unpaired) electrons. The van der Waals surface area contributed by atoms with Crippen LogP contribution in [0, 0.1) is 6.92 Å². The standard InChI is InChI=1S/C18H31N4O5PS/c1-4-26-28(23,5-2)27-16-8-15-22(14-7-6-13-20-21-19)29(24,25)18-11-9-17(3)10-12-18/h9-12H,4-8,13-16H2,1-3H3. The molecule has 0 N–H and O–H groups in total. The van der Waals surface area contributed by atoms with Crippen molar-refractivity contribution in [1.82, 2.24) is 4.31 Å². The summed E-state index contributed by atoms with van der Waals surface area (Å²) in [5, 5.41) is 3.48. The fourth-order valence-corrected chi connectivity index (χ4v) is 5.35. The summed E-state index contributed by atoms with van der Waals surface area (Å²) in [5.74, 6) is 0. The molecule has 1 atom stereocenters. The lowest BCUT2D eigenvalue weighted by molar-refractivity contribution is 0.206. The van der Waals surface area contributed by atoms with Crippen molar-refractivity contribution in [3.05, 3.63) is 40.3 Å². The molecule has 0 saturated carbocycles. The third kappa shape index (κ3) is 8.86. The van der Waals surface area contributed by atoms with E-state index in [0.29, 0.717) is 39.0 Å². The van der Waals surface area contributed by atoms with E-state index in [1.165, 1.54) is 4.31 Å². The first-order chi connectivity index (χ1) is 13.8. The van der Waals surface area contributed by atoms with Gasteiger partial charge in [0.15, 0.2) is 0 Å². The fourth-order valence-electron chi connectivity index (χ4n) is 2.59. The van der Waals surface area contributed by atoms with Crippen molar-refractivity contribution in [3.8, 4) is 0 Å². The summed E-state index contributed by atoms with van der Waals surface area (Å²) in [6, 6.07) is 6.70. The molecule has 1 aromatic rings. The monoisotopic (exact) mass is 446 g/mol. The number of rotatable bonds is 15. The van der Waals surface area contributed by atoms with Gasteiger partial charge in [-0.25, -0.2) is 8.42 Å². The molecule has 9 nitrogen and oxygen atoms in total. The minimum atomic E-state index is -3.67. The second-order valence-electron chi connectivity index (χ2n) is 6.41. The number of sulfonamides is 1. The van der Waals surface area contributed by atoms with Gasteiger partial charge in [-0.2, -0.15) is 4.31 Å². The Bertz CT molecular complexity index is 810. The molecule has 164 valence electrons. The highest BCUT2D eigenvalue weighted by Crippen LogP contribution is 2.47. The van der Waals surface area contributed by atoms with Gasteiger partial charge in [0, 0.05) is 30.7 Å². The van der Waals surface area contributed by atoms with Crippen LogP contribution in [-0.2, 0) is 23.6 Å². The molecule has 0 saturated heterocycles. The maximum atomic E-state index is 13.0. The van der Waals surface area contributed by atoms with E-state index in [2.05, 4.69) is 10.0 Å². The lowest BCUT2D eigenvalue weighted by Crippen LogP contribution is -2.33. The van der Waals surface area contributed by atoms with Crippen molar-refractivity contribution >= 4 is 17.6 Å². The molecule has 0 aliphatic rings. The van der Waals surface area contributed by atoms with Crippen molar-refractivity contribution in [2.45, 2.75) is 44.9 Å². The highest BCUT2D eigenvalue weighted by molar-refractivity contribution is 7.89. The lowest BCUT2D eigenvalue weighted by atomic mass is 10.2. The average Bonchev–Trinajstić information content (AvgIpc) is 2.69. The molecule has 0 spiro atoms. The molecule has 0 heterocycles. The summed E-state index contributed by atoms with van der Waals surface area (Å²) in [5.41, 5.74) is 9.32. The lowest BCUT2D eigenvalue weighted by Gasteiger charge is -2.23. The number of hydrogen-bond acceptors (Lipinski definition) is 6. The van der Waals surface area contributed by atoms with Gasteiger partial charge in [0.05, 0.1) is 18.1 Å². The van der Waals surface area contributed by atoms with E-state index in [-0.39, 0.29) is 24.2 Å². The van der Waals surface area contributed by atoms with Gasteiger partial charge in [0.25, 0.3) is 0 Å². The molecule has 1 aromatic carbocycles. The first kappa shape index (κ1) is 25.6. The maximum absolute atomic E-state index is 13.0. The maximum Gasteiger partial charge on any atom is 0.330 e. The molecule has 0 aromatic heterocycles. The Kier molecular flexibility index (Phi) is 11.5. The van der Waals surface area contributed by atoms with Crippen molar-refractivity contribution in [2.24, 2.45) is 5.11 Å². The fraction of sp³-hybridized carbons (Fsp3) is 0.667. The largest absolute Gasteiger partial charge is 0.330 e. The van der Waals surface area contributed by atoms with Crippen LogP contribution in [0.3, 0.4) is 0 Å². The number of hydrogen-bond donors (Lipinski definition) is 0. The SMILES string of the molecule is CCOP(=O)(CC)OCCCN(CCCCN=[N+]=[N-])S(=O)(=O)c1ccc(C)cc1. The van der Waals surface area contributed by atoms with Gasteiger partial charge in [-0.15, -0.1) is 0 Å². The van der Waals surface area contributed by atoms with E-state index < -0.39 is 17.6 Å². The first-order valence-corrected chi connectivity index (χ1v) is 12.9. The van der Waals surface area contributed by atoms with Crippen LogP contribution in [0.4, 0.5) is 0 Å². The minimum Gasteiger partial charge on any atom is -0.309 e. The van der Waals surface area contributed by atoms with Crippen LogP contribution in [0.5, 0.6) is 0 Å². The van der Waals surface area contributed by atoms with Crippen LogP contribution in [0.15, 0.2) is 34.3 Å². The van der Waals surface area contributed by atoms with Crippen LogP contribution in [0.2, 0.25) is 0 Å². The van der Waals surface area contributed by atoms with Gasteiger partial charge in [0.2, 0.25) is 10.0 Å². The van der Waals surface area contributed by atoms with Gasteiger partial charge < -0.3 is 9.05 Å². The summed E-state index contributed by atoms with van der Waals surface area (Å²) in [6.45, 7) is 6.67. The smallest absolute Gasteiger partial charge is 0.309 e. The van der Waals surface area contributed by atoms with E-state index in [4.69, 9.17) is 14.6 Å². The number of aryl methyl sites for hydroxylation is 1. The highest BCUT2D eigenvalue weighted by atomic mass is 32.2.